The average Bonchev–Trinajstić information content (AvgIpc) is 2.72. The summed E-state index contributed by atoms with van der Waals surface area (Å²) in [7, 11) is 0. The van der Waals surface area contributed by atoms with Crippen LogP contribution in [0.1, 0.15) is 22.7 Å². The van der Waals surface area contributed by atoms with Crippen LogP contribution >= 0.6 is 11.6 Å². The molecule has 1 atom stereocenters. The molecule has 0 bridgehead atoms. The highest BCUT2D eigenvalue weighted by Crippen LogP contribution is 2.41. The molecular formula is C21H18ClF3N2O2. The van der Waals surface area contributed by atoms with Crippen LogP contribution in [-0.2, 0) is 10.9 Å². The lowest BCUT2D eigenvalue weighted by atomic mass is 9.93. The molecule has 3 aromatic rings. The summed E-state index contributed by atoms with van der Waals surface area (Å²) in [6, 6.07) is 9.67. The maximum Gasteiger partial charge on any atom is 0.416 e. The zero-order valence-corrected chi connectivity index (χ0v) is 16.0. The first-order valence-corrected chi connectivity index (χ1v) is 9.49. The van der Waals surface area contributed by atoms with E-state index in [0.29, 0.717) is 53.4 Å². The van der Waals surface area contributed by atoms with E-state index in [1.807, 2.05) is 0 Å². The number of alkyl halides is 3. The summed E-state index contributed by atoms with van der Waals surface area (Å²) < 4.78 is 44.4. The summed E-state index contributed by atoms with van der Waals surface area (Å²) in [4.78, 5) is 6.31. The highest BCUT2D eigenvalue weighted by atomic mass is 35.5. The molecule has 1 fully saturated rings. The van der Waals surface area contributed by atoms with Crippen molar-refractivity contribution < 1.29 is 23.0 Å². The second kappa shape index (κ2) is 7.82. The molecule has 1 saturated heterocycles. The number of benzene rings is 2. The number of aromatic hydroxyl groups is 1. The molecule has 1 aliphatic rings. The molecule has 4 nitrogen and oxygen atoms in total. The highest BCUT2D eigenvalue weighted by molar-refractivity contribution is 6.35. The molecule has 0 spiro atoms. The van der Waals surface area contributed by atoms with Gasteiger partial charge in [-0.2, -0.15) is 13.2 Å². The standard InChI is InChI=1S/C21H18ClF3N2O2/c22-17-12-16(20(28)18-15(17)2-1-7-26-18)19(27-8-10-29-11-9-27)13-3-5-14(6-4-13)21(23,24)25/h1-7,12,19,28H,8-11H2/t19-/m0/s1. The lowest BCUT2D eigenvalue weighted by molar-refractivity contribution is -0.137. The maximum absolute atomic E-state index is 13.0. The number of phenols is 1. The minimum absolute atomic E-state index is 0.0265. The number of pyridine rings is 1. The van der Waals surface area contributed by atoms with Crippen molar-refractivity contribution in [3.63, 3.8) is 0 Å². The lowest BCUT2D eigenvalue weighted by Crippen LogP contribution is -2.39. The van der Waals surface area contributed by atoms with Crippen molar-refractivity contribution in [2.75, 3.05) is 26.3 Å². The smallest absolute Gasteiger partial charge is 0.416 e. The van der Waals surface area contributed by atoms with Crippen molar-refractivity contribution in [1.82, 2.24) is 9.88 Å². The molecule has 0 radical (unpaired) electrons. The third kappa shape index (κ3) is 3.90. The number of phenolic OH excluding ortho intramolecular Hbond substituents is 1. The van der Waals surface area contributed by atoms with Crippen LogP contribution < -0.4 is 0 Å². The average molecular weight is 423 g/mol. The van der Waals surface area contributed by atoms with Gasteiger partial charge in [0.2, 0.25) is 0 Å². The van der Waals surface area contributed by atoms with Gasteiger partial charge in [-0.15, -0.1) is 0 Å². The van der Waals surface area contributed by atoms with Crippen LogP contribution in [0.15, 0.2) is 48.7 Å². The van der Waals surface area contributed by atoms with E-state index in [0.717, 1.165) is 12.1 Å². The topological polar surface area (TPSA) is 45.6 Å². The quantitative estimate of drug-likeness (QED) is 0.642. The predicted octanol–water partition coefficient (Wildman–Crippen LogP) is 5.03. The number of ether oxygens (including phenoxy) is 1. The zero-order chi connectivity index (χ0) is 20.6. The number of halogens is 4. The summed E-state index contributed by atoms with van der Waals surface area (Å²) in [6.45, 7) is 2.14. The van der Waals surface area contributed by atoms with Gasteiger partial charge in [0.1, 0.15) is 11.3 Å². The summed E-state index contributed by atoms with van der Waals surface area (Å²) in [5.74, 6) is -0.0265. The number of nitrogens with zero attached hydrogens (tertiary/aromatic N) is 2. The Balaban J connectivity index is 1.85. The molecule has 2 aromatic carbocycles. The van der Waals surface area contributed by atoms with Gasteiger partial charge < -0.3 is 9.84 Å². The Morgan fingerprint density at radius 1 is 1.10 bits per heavy atom. The molecule has 0 amide bonds. The van der Waals surface area contributed by atoms with E-state index < -0.39 is 17.8 Å². The number of morpholine rings is 1. The first kappa shape index (κ1) is 19.9. The van der Waals surface area contributed by atoms with Gasteiger partial charge in [0.25, 0.3) is 0 Å². The third-order valence-electron chi connectivity index (χ3n) is 5.10. The Morgan fingerprint density at radius 2 is 1.79 bits per heavy atom. The number of hydrogen-bond donors (Lipinski definition) is 1. The summed E-state index contributed by atoms with van der Waals surface area (Å²) in [5, 5.41) is 12.0. The van der Waals surface area contributed by atoms with Crippen LogP contribution in [0.3, 0.4) is 0 Å². The lowest BCUT2D eigenvalue weighted by Gasteiger charge is -2.35. The van der Waals surface area contributed by atoms with Gasteiger partial charge in [-0.1, -0.05) is 23.7 Å². The van der Waals surface area contributed by atoms with Gasteiger partial charge in [-0.25, -0.2) is 0 Å². The molecule has 0 unspecified atom stereocenters. The van der Waals surface area contributed by atoms with Crippen LogP contribution in [0.2, 0.25) is 5.02 Å². The van der Waals surface area contributed by atoms with Crippen LogP contribution in [0, 0.1) is 0 Å². The van der Waals surface area contributed by atoms with Crippen LogP contribution in [0.4, 0.5) is 13.2 Å². The number of fused-ring (bicyclic) bond motifs is 1. The fraction of sp³-hybridized carbons (Fsp3) is 0.286. The van der Waals surface area contributed by atoms with Crippen molar-refractivity contribution in [2.45, 2.75) is 12.2 Å². The summed E-state index contributed by atoms with van der Waals surface area (Å²) in [6.07, 6.45) is -2.85. The van der Waals surface area contributed by atoms with E-state index >= 15 is 0 Å². The van der Waals surface area contributed by atoms with Crippen molar-refractivity contribution in [2.24, 2.45) is 0 Å². The molecule has 2 heterocycles. The molecule has 1 aromatic heterocycles. The fourth-order valence-electron chi connectivity index (χ4n) is 3.69. The van der Waals surface area contributed by atoms with Gasteiger partial charge >= 0.3 is 6.18 Å². The number of aromatic nitrogens is 1. The van der Waals surface area contributed by atoms with Gasteiger partial charge in [0.15, 0.2) is 0 Å². The minimum Gasteiger partial charge on any atom is -0.505 e. The van der Waals surface area contributed by atoms with Crippen molar-refractivity contribution in [3.8, 4) is 5.75 Å². The molecule has 1 N–H and O–H groups in total. The molecule has 0 aliphatic carbocycles. The third-order valence-corrected chi connectivity index (χ3v) is 5.42. The predicted molar refractivity (Wildman–Crippen MR) is 104 cm³/mol. The highest BCUT2D eigenvalue weighted by Gasteiger charge is 2.32. The van der Waals surface area contributed by atoms with E-state index in [4.69, 9.17) is 16.3 Å². The summed E-state index contributed by atoms with van der Waals surface area (Å²) in [5.41, 5.74) is 0.772. The number of hydrogen-bond acceptors (Lipinski definition) is 4. The van der Waals surface area contributed by atoms with Crippen molar-refractivity contribution in [1.29, 1.82) is 0 Å². The van der Waals surface area contributed by atoms with Crippen molar-refractivity contribution >= 4 is 22.5 Å². The SMILES string of the molecule is Oc1c([C@H](c2ccc(C(F)(F)F)cc2)N2CCOCC2)cc(Cl)c2cccnc12. The maximum atomic E-state index is 13.0. The Morgan fingerprint density at radius 3 is 2.45 bits per heavy atom. The molecule has 29 heavy (non-hydrogen) atoms. The fourth-order valence-corrected chi connectivity index (χ4v) is 3.96. The molecule has 4 rings (SSSR count). The Bertz CT molecular complexity index is 1020. The molecule has 1 aliphatic heterocycles. The van der Waals surface area contributed by atoms with E-state index in [2.05, 4.69) is 9.88 Å². The first-order valence-electron chi connectivity index (χ1n) is 9.11. The Kier molecular flexibility index (Phi) is 5.38. The van der Waals surface area contributed by atoms with Crippen LogP contribution in [-0.4, -0.2) is 41.3 Å². The summed E-state index contributed by atoms with van der Waals surface area (Å²) >= 11 is 6.45. The normalized spacial score (nSPS) is 16.8. The van der Waals surface area contributed by atoms with Gasteiger partial charge in [0.05, 0.1) is 29.8 Å². The Hall–Kier alpha value is -2.35. The van der Waals surface area contributed by atoms with Gasteiger partial charge in [-0.05, 0) is 35.9 Å². The van der Waals surface area contributed by atoms with Crippen molar-refractivity contribution in [3.05, 3.63) is 70.4 Å². The monoisotopic (exact) mass is 422 g/mol. The second-order valence-electron chi connectivity index (χ2n) is 6.87. The Labute approximate surface area is 170 Å². The molecule has 152 valence electrons. The largest absolute Gasteiger partial charge is 0.505 e. The van der Waals surface area contributed by atoms with Crippen LogP contribution in [0.25, 0.3) is 10.9 Å². The van der Waals surface area contributed by atoms with E-state index in [1.165, 1.54) is 12.1 Å². The van der Waals surface area contributed by atoms with Gasteiger partial charge in [0, 0.05) is 30.2 Å². The second-order valence-corrected chi connectivity index (χ2v) is 7.27. The van der Waals surface area contributed by atoms with E-state index in [1.54, 1.807) is 24.4 Å². The van der Waals surface area contributed by atoms with Crippen LogP contribution in [0.5, 0.6) is 5.75 Å². The minimum atomic E-state index is -4.41. The molecule has 8 heteroatoms. The van der Waals surface area contributed by atoms with E-state index in [9.17, 15) is 18.3 Å². The molecular weight excluding hydrogens is 405 g/mol. The zero-order valence-electron chi connectivity index (χ0n) is 15.3. The van der Waals surface area contributed by atoms with Gasteiger partial charge in [-0.3, -0.25) is 9.88 Å². The van der Waals surface area contributed by atoms with E-state index in [-0.39, 0.29) is 5.75 Å². The first-order chi connectivity index (χ1) is 13.9. The molecule has 0 saturated carbocycles. The number of rotatable bonds is 3.